The molecular formula is C12H13BrFN5O. The van der Waals surface area contributed by atoms with E-state index in [1.54, 1.807) is 11.0 Å². The number of hydrogen-bond donors (Lipinski definition) is 0. The summed E-state index contributed by atoms with van der Waals surface area (Å²) in [5, 5.41) is 3.39. The van der Waals surface area contributed by atoms with Gasteiger partial charge in [-0.1, -0.05) is 5.11 Å². The summed E-state index contributed by atoms with van der Waals surface area (Å²) in [6, 6.07) is 2.78. The standard InChI is InChI=1S/C12H13BrFN5O/c1-8(20)18-2-4-19(5-3-18)12-10(13)6-9(16-17-15)7-11(12)14/h6-7H,2-5H2,1H3. The molecule has 0 unspecified atom stereocenters. The Morgan fingerprint density at radius 3 is 2.55 bits per heavy atom. The van der Waals surface area contributed by atoms with Gasteiger partial charge in [0, 0.05) is 48.2 Å². The van der Waals surface area contributed by atoms with Gasteiger partial charge in [0.1, 0.15) is 5.82 Å². The van der Waals surface area contributed by atoms with Crippen LogP contribution in [-0.4, -0.2) is 37.0 Å². The summed E-state index contributed by atoms with van der Waals surface area (Å²) in [6.07, 6.45) is 0. The minimum Gasteiger partial charge on any atom is -0.365 e. The predicted molar refractivity (Wildman–Crippen MR) is 77.4 cm³/mol. The molecule has 0 radical (unpaired) electrons. The van der Waals surface area contributed by atoms with Crippen molar-refractivity contribution in [1.29, 1.82) is 0 Å². The van der Waals surface area contributed by atoms with Gasteiger partial charge < -0.3 is 9.80 Å². The third kappa shape index (κ3) is 3.02. The molecule has 0 atom stereocenters. The van der Waals surface area contributed by atoms with Crippen LogP contribution in [0.4, 0.5) is 15.8 Å². The van der Waals surface area contributed by atoms with E-state index in [0.29, 0.717) is 36.3 Å². The van der Waals surface area contributed by atoms with Gasteiger partial charge in [0.2, 0.25) is 5.91 Å². The molecule has 0 aliphatic carbocycles. The molecule has 1 aliphatic rings. The van der Waals surface area contributed by atoms with E-state index in [9.17, 15) is 9.18 Å². The summed E-state index contributed by atoms with van der Waals surface area (Å²) in [7, 11) is 0. The van der Waals surface area contributed by atoms with E-state index < -0.39 is 5.82 Å². The van der Waals surface area contributed by atoms with Crippen molar-refractivity contribution < 1.29 is 9.18 Å². The van der Waals surface area contributed by atoms with Crippen LogP contribution in [0.1, 0.15) is 6.92 Å². The first kappa shape index (κ1) is 14.6. The van der Waals surface area contributed by atoms with Crippen molar-refractivity contribution in [3.63, 3.8) is 0 Å². The predicted octanol–water partition coefficient (Wildman–Crippen LogP) is 3.20. The Labute approximate surface area is 123 Å². The van der Waals surface area contributed by atoms with Gasteiger partial charge in [-0.05, 0) is 33.6 Å². The first-order valence-electron chi connectivity index (χ1n) is 6.07. The average molecular weight is 342 g/mol. The maximum absolute atomic E-state index is 14.1. The van der Waals surface area contributed by atoms with Crippen molar-refractivity contribution in [2.75, 3.05) is 31.1 Å². The highest BCUT2D eigenvalue weighted by Crippen LogP contribution is 2.34. The second kappa shape index (κ2) is 6.11. The maximum atomic E-state index is 14.1. The fraction of sp³-hybridized carbons (Fsp3) is 0.417. The molecule has 2 rings (SSSR count). The van der Waals surface area contributed by atoms with Gasteiger partial charge in [-0.15, -0.1) is 0 Å². The molecule has 6 nitrogen and oxygen atoms in total. The number of anilines is 1. The van der Waals surface area contributed by atoms with Gasteiger partial charge in [0.15, 0.2) is 0 Å². The topological polar surface area (TPSA) is 72.3 Å². The lowest BCUT2D eigenvalue weighted by Gasteiger charge is -2.36. The molecule has 1 heterocycles. The van der Waals surface area contributed by atoms with Crippen LogP contribution in [0, 0.1) is 5.82 Å². The van der Waals surface area contributed by atoms with Gasteiger partial charge in [-0.3, -0.25) is 4.79 Å². The highest BCUT2D eigenvalue weighted by Gasteiger charge is 2.22. The van der Waals surface area contributed by atoms with Crippen LogP contribution < -0.4 is 4.90 Å². The first-order valence-corrected chi connectivity index (χ1v) is 6.87. The smallest absolute Gasteiger partial charge is 0.219 e. The minimum absolute atomic E-state index is 0.0305. The van der Waals surface area contributed by atoms with Crippen LogP contribution in [0.3, 0.4) is 0 Å². The highest BCUT2D eigenvalue weighted by atomic mass is 79.9. The molecule has 0 spiro atoms. The van der Waals surface area contributed by atoms with Gasteiger partial charge >= 0.3 is 0 Å². The third-order valence-corrected chi connectivity index (χ3v) is 3.81. The second-order valence-corrected chi connectivity index (χ2v) is 5.29. The SMILES string of the molecule is CC(=O)N1CCN(c2c(F)cc(N=[N+]=[N-])cc2Br)CC1. The highest BCUT2D eigenvalue weighted by molar-refractivity contribution is 9.10. The summed E-state index contributed by atoms with van der Waals surface area (Å²) in [5.74, 6) is -0.416. The normalized spacial score (nSPS) is 14.9. The van der Waals surface area contributed by atoms with Crippen molar-refractivity contribution in [2.24, 2.45) is 5.11 Å². The zero-order chi connectivity index (χ0) is 14.7. The zero-order valence-electron chi connectivity index (χ0n) is 10.9. The second-order valence-electron chi connectivity index (χ2n) is 4.44. The number of amides is 1. The van der Waals surface area contributed by atoms with E-state index >= 15 is 0 Å². The largest absolute Gasteiger partial charge is 0.365 e. The van der Waals surface area contributed by atoms with Crippen molar-refractivity contribution >= 4 is 33.2 Å². The molecule has 0 bridgehead atoms. The fourth-order valence-electron chi connectivity index (χ4n) is 2.21. The van der Waals surface area contributed by atoms with Gasteiger partial charge in [-0.2, -0.15) is 0 Å². The number of azide groups is 1. The monoisotopic (exact) mass is 341 g/mol. The molecule has 1 fully saturated rings. The van der Waals surface area contributed by atoms with Gasteiger partial charge in [0.05, 0.1) is 5.69 Å². The number of carbonyl (C=O) groups is 1. The van der Waals surface area contributed by atoms with Crippen molar-refractivity contribution in [3.8, 4) is 0 Å². The lowest BCUT2D eigenvalue weighted by Crippen LogP contribution is -2.48. The molecule has 0 saturated carbocycles. The summed E-state index contributed by atoms with van der Waals surface area (Å²) in [4.78, 5) is 17.5. The number of carbonyl (C=O) groups excluding carboxylic acids is 1. The van der Waals surface area contributed by atoms with Crippen molar-refractivity contribution in [3.05, 3.63) is 32.9 Å². The number of halogens is 2. The van der Waals surface area contributed by atoms with Crippen LogP contribution >= 0.6 is 15.9 Å². The Morgan fingerprint density at radius 2 is 2.05 bits per heavy atom. The Bertz CT molecular complexity index is 556. The van der Waals surface area contributed by atoms with Crippen molar-refractivity contribution in [1.82, 2.24) is 4.90 Å². The molecule has 1 aromatic rings. The molecule has 8 heteroatoms. The van der Waals surface area contributed by atoms with E-state index in [-0.39, 0.29) is 11.6 Å². The van der Waals surface area contributed by atoms with Crippen molar-refractivity contribution in [2.45, 2.75) is 6.92 Å². The van der Waals surface area contributed by atoms with Crippen LogP contribution in [0.25, 0.3) is 10.4 Å². The summed E-state index contributed by atoms with van der Waals surface area (Å²) in [6.45, 7) is 3.80. The third-order valence-electron chi connectivity index (χ3n) is 3.20. The Balaban J connectivity index is 2.22. The molecule has 0 N–H and O–H groups in total. The number of piperazine rings is 1. The van der Waals surface area contributed by atoms with Gasteiger partial charge in [-0.25, -0.2) is 4.39 Å². The molecule has 1 aliphatic heterocycles. The number of rotatable bonds is 2. The number of hydrogen-bond acceptors (Lipinski definition) is 3. The van der Waals surface area contributed by atoms with Crippen LogP contribution in [-0.2, 0) is 4.79 Å². The van der Waals surface area contributed by atoms with Crippen LogP contribution in [0.15, 0.2) is 21.7 Å². The van der Waals surface area contributed by atoms with E-state index in [4.69, 9.17) is 5.53 Å². The molecular weight excluding hydrogens is 329 g/mol. The Kier molecular flexibility index (Phi) is 4.46. The number of benzene rings is 1. The fourth-order valence-corrected chi connectivity index (χ4v) is 2.88. The average Bonchev–Trinajstić information content (AvgIpc) is 2.39. The van der Waals surface area contributed by atoms with E-state index in [0.717, 1.165) is 0 Å². The van der Waals surface area contributed by atoms with Gasteiger partial charge in [0.25, 0.3) is 0 Å². The van der Waals surface area contributed by atoms with E-state index in [1.165, 1.54) is 13.0 Å². The zero-order valence-corrected chi connectivity index (χ0v) is 12.5. The summed E-state index contributed by atoms with van der Waals surface area (Å²) in [5.41, 5.74) is 9.03. The first-order chi connectivity index (χ1) is 9.52. The number of nitrogens with zero attached hydrogens (tertiary/aromatic N) is 5. The lowest BCUT2D eigenvalue weighted by atomic mass is 10.2. The van der Waals surface area contributed by atoms with Crippen LogP contribution in [0.5, 0.6) is 0 Å². The summed E-state index contributed by atoms with van der Waals surface area (Å²) >= 11 is 3.30. The molecule has 0 aromatic heterocycles. The van der Waals surface area contributed by atoms with E-state index in [2.05, 4.69) is 26.0 Å². The quantitative estimate of drug-likeness (QED) is 0.470. The lowest BCUT2D eigenvalue weighted by molar-refractivity contribution is -0.129. The van der Waals surface area contributed by atoms with Crippen LogP contribution in [0.2, 0.25) is 0 Å². The minimum atomic E-state index is -0.446. The maximum Gasteiger partial charge on any atom is 0.219 e. The Hall–Kier alpha value is -1.79. The molecule has 20 heavy (non-hydrogen) atoms. The molecule has 1 aromatic carbocycles. The Morgan fingerprint density at radius 1 is 1.40 bits per heavy atom. The molecule has 1 amide bonds. The molecule has 106 valence electrons. The van der Waals surface area contributed by atoms with E-state index in [1.807, 2.05) is 4.90 Å². The molecule has 1 saturated heterocycles. The summed E-state index contributed by atoms with van der Waals surface area (Å²) < 4.78 is 14.7.